The Labute approximate surface area is 243 Å². The number of hydrogen-bond donors (Lipinski definition) is 3. The van der Waals surface area contributed by atoms with Crippen molar-refractivity contribution in [2.24, 2.45) is 5.84 Å². The van der Waals surface area contributed by atoms with E-state index in [0.717, 1.165) is 17.0 Å². The number of likely N-dealkylation sites (tertiary alicyclic amines) is 1. The molecule has 1 aliphatic heterocycles. The van der Waals surface area contributed by atoms with E-state index in [4.69, 9.17) is 5.84 Å². The second-order valence-corrected chi connectivity index (χ2v) is 9.86. The van der Waals surface area contributed by atoms with Crippen molar-refractivity contribution >= 4 is 28.7 Å². The molecule has 0 aliphatic carbocycles. The fourth-order valence-electron chi connectivity index (χ4n) is 4.98. The zero-order valence-electron chi connectivity index (χ0n) is 22.5. The van der Waals surface area contributed by atoms with Gasteiger partial charge in [-0.2, -0.15) is 13.2 Å². The number of carboxylic acids is 1. The number of rotatable bonds is 4. The number of piperidine rings is 1. The van der Waals surface area contributed by atoms with Gasteiger partial charge in [-0.25, -0.2) is 15.6 Å². The fourth-order valence-corrected chi connectivity index (χ4v) is 4.98. The average molecular weight is 588 g/mol. The lowest BCUT2D eigenvalue weighted by Gasteiger charge is -2.33. The highest BCUT2D eigenvalue weighted by Gasteiger charge is 2.39. The smallest absolute Gasteiger partial charge is 0.417 e. The standard InChI is InChI=1S/C31H24F3N5O4/c32-31(33,34)24-15-19(8-11-21(24)29(41)39-14-2-1-3-27(39)30(42)43)5-4-18-6-9-20(10-7-18)26-16-22(28(40)38-35)23-17-36-13-12-25(23)37-26/h6-13,15-17,27H,1-3,14,35H2,(H,38,40)(H,42,43). The van der Waals surface area contributed by atoms with Crippen molar-refractivity contribution in [3.05, 3.63) is 94.8 Å². The van der Waals surface area contributed by atoms with E-state index in [1.807, 2.05) is 0 Å². The minimum Gasteiger partial charge on any atom is -0.480 e. The number of alkyl halides is 3. The van der Waals surface area contributed by atoms with Crippen LogP contribution < -0.4 is 11.3 Å². The number of pyridine rings is 2. The van der Waals surface area contributed by atoms with Gasteiger partial charge in [0.05, 0.1) is 27.9 Å². The molecule has 0 saturated carbocycles. The number of benzene rings is 2. The van der Waals surface area contributed by atoms with Gasteiger partial charge in [-0.05, 0) is 61.7 Å². The monoisotopic (exact) mass is 587 g/mol. The molecule has 1 aliphatic rings. The second-order valence-electron chi connectivity index (χ2n) is 9.86. The first kappa shape index (κ1) is 29.2. The molecular weight excluding hydrogens is 563 g/mol. The number of hydrazine groups is 1. The highest BCUT2D eigenvalue weighted by atomic mass is 19.4. The predicted molar refractivity (Wildman–Crippen MR) is 150 cm³/mol. The first-order valence-electron chi connectivity index (χ1n) is 13.2. The zero-order chi connectivity index (χ0) is 30.7. The van der Waals surface area contributed by atoms with Crippen molar-refractivity contribution in [1.29, 1.82) is 0 Å². The number of nitrogens with zero attached hydrogens (tertiary/aromatic N) is 3. The number of hydrogen-bond acceptors (Lipinski definition) is 6. The summed E-state index contributed by atoms with van der Waals surface area (Å²) < 4.78 is 42.0. The Kier molecular flexibility index (Phi) is 8.09. The van der Waals surface area contributed by atoms with Gasteiger partial charge in [0, 0.05) is 41.0 Å². The van der Waals surface area contributed by atoms with Crippen LogP contribution in [0, 0.1) is 11.8 Å². The van der Waals surface area contributed by atoms with E-state index in [2.05, 4.69) is 27.2 Å². The van der Waals surface area contributed by atoms with Crippen molar-refractivity contribution in [3.63, 3.8) is 0 Å². The van der Waals surface area contributed by atoms with E-state index in [1.54, 1.807) is 42.6 Å². The van der Waals surface area contributed by atoms with Gasteiger partial charge in [0.15, 0.2) is 0 Å². The van der Waals surface area contributed by atoms with Gasteiger partial charge in [0.1, 0.15) is 6.04 Å². The molecule has 4 N–H and O–H groups in total. The third-order valence-electron chi connectivity index (χ3n) is 7.12. The van der Waals surface area contributed by atoms with Crippen LogP contribution >= 0.6 is 0 Å². The minimum atomic E-state index is -4.86. The van der Waals surface area contributed by atoms with Crippen LogP contribution in [0.3, 0.4) is 0 Å². The maximum Gasteiger partial charge on any atom is 0.417 e. The highest BCUT2D eigenvalue weighted by molar-refractivity contribution is 6.06. The van der Waals surface area contributed by atoms with E-state index in [0.29, 0.717) is 46.1 Å². The lowest BCUT2D eigenvalue weighted by molar-refractivity contribution is -0.143. The molecule has 218 valence electrons. The number of carboxylic acid groups (broad SMARTS) is 1. The van der Waals surface area contributed by atoms with E-state index in [-0.39, 0.29) is 18.5 Å². The molecule has 5 rings (SSSR count). The van der Waals surface area contributed by atoms with Crippen molar-refractivity contribution in [2.45, 2.75) is 31.5 Å². The van der Waals surface area contributed by atoms with Crippen LogP contribution in [-0.4, -0.2) is 50.3 Å². The van der Waals surface area contributed by atoms with Crippen LogP contribution in [0.2, 0.25) is 0 Å². The summed E-state index contributed by atoms with van der Waals surface area (Å²) in [7, 11) is 0. The second kappa shape index (κ2) is 11.9. The van der Waals surface area contributed by atoms with Gasteiger partial charge >= 0.3 is 12.1 Å². The Morgan fingerprint density at radius 3 is 2.40 bits per heavy atom. The maximum atomic E-state index is 14.0. The van der Waals surface area contributed by atoms with Gasteiger partial charge in [-0.3, -0.25) is 20.0 Å². The normalized spacial score (nSPS) is 15.0. The van der Waals surface area contributed by atoms with Gasteiger partial charge in [-0.15, -0.1) is 0 Å². The number of halogens is 3. The van der Waals surface area contributed by atoms with Gasteiger partial charge < -0.3 is 10.0 Å². The Balaban J connectivity index is 1.42. The Hall–Kier alpha value is -5.28. The van der Waals surface area contributed by atoms with Crippen molar-refractivity contribution in [3.8, 4) is 23.1 Å². The summed E-state index contributed by atoms with van der Waals surface area (Å²) in [6, 6.07) is 12.0. The van der Waals surface area contributed by atoms with Crippen LogP contribution in [0.15, 0.2) is 67.0 Å². The van der Waals surface area contributed by atoms with Gasteiger partial charge in [-0.1, -0.05) is 24.0 Å². The van der Waals surface area contributed by atoms with Crippen molar-refractivity contribution < 1.29 is 32.7 Å². The van der Waals surface area contributed by atoms with Crippen LogP contribution in [0.1, 0.15) is 56.7 Å². The molecule has 9 nitrogen and oxygen atoms in total. The van der Waals surface area contributed by atoms with Crippen LogP contribution in [0.25, 0.3) is 22.2 Å². The first-order valence-corrected chi connectivity index (χ1v) is 13.2. The molecule has 43 heavy (non-hydrogen) atoms. The lowest BCUT2D eigenvalue weighted by Crippen LogP contribution is -2.48. The van der Waals surface area contributed by atoms with Crippen molar-refractivity contribution in [1.82, 2.24) is 20.3 Å². The molecule has 4 aromatic rings. The number of nitrogens with two attached hydrogens (primary N) is 1. The van der Waals surface area contributed by atoms with Gasteiger partial charge in [0.2, 0.25) is 0 Å². The molecule has 12 heteroatoms. The van der Waals surface area contributed by atoms with Crippen LogP contribution in [0.4, 0.5) is 13.2 Å². The van der Waals surface area contributed by atoms with E-state index < -0.39 is 41.1 Å². The number of amides is 2. The summed E-state index contributed by atoms with van der Waals surface area (Å²) in [4.78, 5) is 46.6. The summed E-state index contributed by atoms with van der Waals surface area (Å²) in [5.74, 6) is 8.13. The number of carbonyl (C=O) groups is 3. The Bertz CT molecular complexity index is 1800. The summed E-state index contributed by atoms with van der Waals surface area (Å²) in [6.07, 6.45) is -0.522. The predicted octanol–water partition coefficient (Wildman–Crippen LogP) is 4.40. The third kappa shape index (κ3) is 6.17. The summed E-state index contributed by atoms with van der Waals surface area (Å²) in [5, 5.41) is 9.99. The number of aromatic nitrogens is 2. The number of carbonyl (C=O) groups excluding carboxylic acids is 2. The SMILES string of the molecule is NNC(=O)c1cc(-c2ccc(C#Cc3ccc(C(=O)N4CCCCC4C(=O)O)c(C(F)(F)F)c3)cc2)nc2ccncc12. The molecule has 1 atom stereocenters. The molecule has 1 fully saturated rings. The summed E-state index contributed by atoms with van der Waals surface area (Å²) in [5.41, 5.74) is 2.84. The Morgan fingerprint density at radius 2 is 1.70 bits per heavy atom. The number of nitrogen functional groups attached to an aromatic ring is 1. The van der Waals surface area contributed by atoms with E-state index in [9.17, 15) is 32.7 Å². The topological polar surface area (TPSA) is 139 Å². The number of aliphatic carboxylic acids is 1. The van der Waals surface area contributed by atoms with E-state index in [1.165, 1.54) is 12.3 Å². The molecule has 2 amide bonds. The quantitative estimate of drug-likeness (QED) is 0.139. The van der Waals surface area contributed by atoms with Gasteiger partial charge in [0.25, 0.3) is 11.8 Å². The van der Waals surface area contributed by atoms with Crippen molar-refractivity contribution in [2.75, 3.05) is 6.54 Å². The van der Waals surface area contributed by atoms with Crippen LogP contribution in [0.5, 0.6) is 0 Å². The molecule has 2 aromatic carbocycles. The lowest BCUT2D eigenvalue weighted by atomic mass is 9.97. The molecule has 0 spiro atoms. The third-order valence-corrected chi connectivity index (χ3v) is 7.12. The first-order chi connectivity index (χ1) is 20.6. The minimum absolute atomic E-state index is 0.0311. The highest BCUT2D eigenvalue weighted by Crippen LogP contribution is 2.34. The molecule has 1 saturated heterocycles. The molecule has 0 radical (unpaired) electrons. The molecular formula is C31H24F3N5O4. The largest absolute Gasteiger partial charge is 0.480 e. The van der Waals surface area contributed by atoms with Crippen LogP contribution in [-0.2, 0) is 11.0 Å². The Morgan fingerprint density at radius 1 is 0.977 bits per heavy atom. The maximum absolute atomic E-state index is 14.0. The molecule has 0 bridgehead atoms. The molecule has 3 heterocycles. The molecule has 2 aromatic heterocycles. The molecule has 1 unspecified atom stereocenters. The zero-order valence-corrected chi connectivity index (χ0v) is 22.5. The number of nitrogens with one attached hydrogen (secondary N) is 1. The fraction of sp³-hybridized carbons (Fsp3) is 0.194. The summed E-state index contributed by atoms with van der Waals surface area (Å²) in [6.45, 7) is 0.0676. The van der Waals surface area contributed by atoms with E-state index >= 15 is 0 Å². The average Bonchev–Trinajstić information content (AvgIpc) is 3.02. The number of fused-ring (bicyclic) bond motifs is 1. The summed E-state index contributed by atoms with van der Waals surface area (Å²) >= 11 is 0.